The molecule has 0 amide bonds. The van der Waals surface area contributed by atoms with Crippen LogP contribution in [0.5, 0.6) is 0 Å². The van der Waals surface area contributed by atoms with E-state index in [1.54, 1.807) is 0 Å². The standard InChI is InChI=1S/C26H36O2Si/c1-20(19-25(3,4)5)13-12-14-21(2)24(22-15-8-6-9-16-22)26(27,28-29)23-17-10-7-11-18-23/h6-11,13,15-18,27H,12,14,19H2,1-5,29H3. The summed E-state index contributed by atoms with van der Waals surface area (Å²) in [6.07, 6.45) is 5.27. The topological polar surface area (TPSA) is 29.5 Å². The normalized spacial score (nSPS) is 15.7. The Hall–Kier alpha value is -1.94. The van der Waals surface area contributed by atoms with Crippen LogP contribution in [-0.2, 0) is 10.2 Å². The Kier molecular flexibility index (Phi) is 8.20. The van der Waals surface area contributed by atoms with Gasteiger partial charge in [0.1, 0.15) is 0 Å². The summed E-state index contributed by atoms with van der Waals surface area (Å²) in [5, 5.41) is 11.7. The minimum absolute atomic E-state index is 0.301. The van der Waals surface area contributed by atoms with Gasteiger partial charge in [-0.2, -0.15) is 0 Å². The summed E-state index contributed by atoms with van der Waals surface area (Å²) in [7, 11) is 0.427. The van der Waals surface area contributed by atoms with Gasteiger partial charge >= 0.3 is 0 Å². The summed E-state index contributed by atoms with van der Waals surface area (Å²) in [4.78, 5) is 0. The monoisotopic (exact) mass is 408 g/mol. The summed E-state index contributed by atoms with van der Waals surface area (Å²) in [5.41, 5.74) is 5.51. The van der Waals surface area contributed by atoms with Gasteiger partial charge in [0.05, 0.1) is 0 Å². The van der Waals surface area contributed by atoms with E-state index < -0.39 is 5.79 Å². The Morgan fingerprint density at radius 2 is 1.52 bits per heavy atom. The van der Waals surface area contributed by atoms with Crippen molar-refractivity contribution in [3.8, 4) is 0 Å². The van der Waals surface area contributed by atoms with Crippen LogP contribution < -0.4 is 0 Å². The Bertz CT molecular complexity index is 832. The molecular weight excluding hydrogens is 372 g/mol. The van der Waals surface area contributed by atoms with Crippen LogP contribution in [0.25, 0.3) is 5.57 Å². The van der Waals surface area contributed by atoms with Gasteiger partial charge in [0.2, 0.25) is 5.79 Å². The van der Waals surface area contributed by atoms with Crippen molar-refractivity contribution >= 4 is 16.1 Å². The van der Waals surface area contributed by atoms with E-state index in [4.69, 9.17) is 4.43 Å². The van der Waals surface area contributed by atoms with Gasteiger partial charge in [0.15, 0.2) is 10.5 Å². The SMILES string of the molecule is CC(=CCCC(C)=C(c1ccccc1)C(O)(O[SiH3])c1ccccc1)CC(C)(C)C. The molecule has 0 saturated heterocycles. The van der Waals surface area contributed by atoms with Crippen molar-refractivity contribution in [1.29, 1.82) is 0 Å². The molecule has 0 saturated carbocycles. The third-order valence-corrected chi connectivity index (χ3v) is 5.70. The molecule has 156 valence electrons. The maximum absolute atomic E-state index is 11.7. The van der Waals surface area contributed by atoms with E-state index in [9.17, 15) is 5.11 Å². The molecular formula is C26H36O2Si. The summed E-state index contributed by atoms with van der Waals surface area (Å²) < 4.78 is 5.88. The quantitative estimate of drug-likeness (QED) is 0.341. The number of hydrogen-bond acceptors (Lipinski definition) is 2. The highest BCUT2D eigenvalue weighted by molar-refractivity contribution is 5.99. The molecule has 29 heavy (non-hydrogen) atoms. The smallest absolute Gasteiger partial charge is 0.210 e. The van der Waals surface area contributed by atoms with E-state index in [-0.39, 0.29) is 0 Å². The molecule has 0 bridgehead atoms. The van der Waals surface area contributed by atoms with E-state index in [0.29, 0.717) is 15.9 Å². The molecule has 2 aromatic rings. The Balaban J connectivity index is 2.41. The lowest BCUT2D eigenvalue weighted by atomic mass is 9.86. The van der Waals surface area contributed by atoms with Gasteiger partial charge in [0.25, 0.3) is 0 Å². The lowest BCUT2D eigenvalue weighted by molar-refractivity contribution is -0.0873. The van der Waals surface area contributed by atoms with Crippen molar-refractivity contribution in [2.24, 2.45) is 5.41 Å². The maximum Gasteiger partial charge on any atom is 0.210 e. The van der Waals surface area contributed by atoms with Crippen molar-refractivity contribution in [2.75, 3.05) is 0 Å². The van der Waals surface area contributed by atoms with Crippen LogP contribution in [0.2, 0.25) is 0 Å². The first-order valence-corrected chi connectivity index (χ1v) is 11.2. The number of benzene rings is 2. The van der Waals surface area contributed by atoms with Crippen LogP contribution >= 0.6 is 0 Å². The number of rotatable bonds is 8. The molecule has 0 fully saturated rings. The number of allylic oxidation sites excluding steroid dienone is 3. The molecule has 1 atom stereocenters. The zero-order chi connectivity index (χ0) is 21.5. The minimum Gasteiger partial charge on any atom is -0.395 e. The van der Waals surface area contributed by atoms with Crippen LogP contribution in [0.15, 0.2) is 77.9 Å². The van der Waals surface area contributed by atoms with Crippen molar-refractivity contribution in [1.82, 2.24) is 0 Å². The van der Waals surface area contributed by atoms with Crippen molar-refractivity contribution in [2.45, 2.75) is 59.7 Å². The molecule has 2 aromatic carbocycles. The molecule has 0 heterocycles. The zero-order valence-corrected chi connectivity index (χ0v) is 20.8. The fourth-order valence-corrected chi connectivity index (χ4v) is 4.37. The van der Waals surface area contributed by atoms with E-state index >= 15 is 0 Å². The van der Waals surface area contributed by atoms with Crippen LogP contribution in [0.3, 0.4) is 0 Å². The fraction of sp³-hybridized carbons (Fsp3) is 0.385. The molecule has 2 rings (SSSR count). The van der Waals surface area contributed by atoms with Crippen molar-refractivity contribution in [3.63, 3.8) is 0 Å². The van der Waals surface area contributed by atoms with E-state index in [2.05, 4.69) is 40.7 Å². The second kappa shape index (κ2) is 10.2. The Labute approximate surface area is 179 Å². The van der Waals surface area contributed by atoms with Crippen LogP contribution in [0, 0.1) is 5.41 Å². The largest absolute Gasteiger partial charge is 0.395 e. The summed E-state index contributed by atoms with van der Waals surface area (Å²) in [6.45, 7) is 11.1. The predicted molar refractivity (Wildman–Crippen MR) is 127 cm³/mol. The molecule has 3 heteroatoms. The molecule has 0 aliphatic carbocycles. The van der Waals surface area contributed by atoms with Gasteiger partial charge in [0, 0.05) is 11.1 Å². The van der Waals surface area contributed by atoms with Gasteiger partial charge < -0.3 is 9.53 Å². The third-order valence-electron chi connectivity index (χ3n) is 5.11. The third kappa shape index (κ3) is 6.53. The number of hydrogen-bond donors (Lipinski definition) is 1. The molecule has 0 spiro atoms. The van der Waals surface area contributed by atoms with Crippen molar-refractivity contribution < 1.29 is 9.53 Å². The van der Waals surface area contributed by atoms with Crippen LogP contribution in [0.4, 0.5) is 0 Å². The lowest BCUT2D eigenvalue weighted by Gasteiger charge is -2.32. The van der Waals surface area contributed by atoms with Gasteiger partial charge in [-0.3, -0.25) is 0 Å². The summed E-state index contributed by atoms with van der Waals surface area (Å²) >= 11 is 0. The van der Waals surface area contributed by atoms with E-state index in [1.807, 2.05) is 60.7 Å². The maximum atomic E-state index is 11.7. The fourth-order valence-electron chi connectivity index (χ4n) is 3.93. The second-order valence-corrected chi connectivity index (χ2v) is 9.47. The van der Waals surface area contributed by atoms with Gasteiger partial charge in [-0.1, -0.05) is 98.7 Å². The Morgan fingerprint density at radius 1 is 0.966 bits per heavy atom. The van der Waals surface area contributed by atoms with Crippen LogP contribution in [-0.4, -0.2) is 15.6 Å². The van der Waals surface area contributed by atoms with Gasteiger partial charge in [-0.15, -0.1) is 0 Å². The molecule has 1 N–H and O–H groups in total. The van der Waals surface area contributed by atoms with E-state index in [0.717, 1.165) is 41.5 Å². The molecule has 2 nitrogen and oxygen atoms in total. The highest BCUT2D eigenvalue weighted by atomic mass is 28.2. The van der Waals surface area contributed by atoms with E-state index in [1.165, 1.54) is 5.57 Å². The lowest BCUT2D eigenvalue weighted by Crippen LogP contribution is -2.31. The first kappa shape index (κ1) is 23.3. The first-order valence-electron chi connectivity index (χ1n) is 10.4. The predicted octanol–water partition coefficient (Wildman–Crippen LogP) is 5.77. The highest BCUT2D eigenvalue weighted by Gasteiger charge is 2.35. The van der Waals surface area contributed by atoms with Crippen LogP contribution in [0.1, 0.15) is 65.0 Å². The minimum atomic E-state index is -1.43. The molecule has 0 aromatic heterocycles. The molecule has 1 unspecified atom stereocenters. The molecule has 0 radical (unpaired) electrons. The summed E-state index contributed by atoms with van der Waals surface area (Å²) in [5.74, 6) is -1.43. The average molecular weight is 409 g/mol. The van der Waals surface area contributed by atoms with Gasteiger partial charge in [-0.25, -0.2) is 0 Å². The molecule has 0 aliphatic heterocycles. The Morgan fingerprint density at radius 3 is 2.03 bits per heavy atom. The zero-order valence-electron chi connectivity index (χ0n) is 18.8. The number of aliphatic hydroxyl groups is 1. The summed E-state index contributed by atoms with van der Waals surface area (Å²) in [6, 6.07) is 19.8. The first-order chi connectivity index (χ1) is 13.7. The second-order valence-electron chi connectivity index (χ2n) is 9.06. The highest BCUT2D eigenvalue weighted by Crippen LogP contribution is 2.40. The van der Waals surface area contributed by atoms with Crippen molar-refractivity contribution in [3.05, 3.63) is 89.0 Å². The average Bonchev–Trinajstić information content (AvgIpc) is 2.68. The molecule has 0 aliphatic rings. The van der Waals surface area contributed by atoms with Gasteiger partial charge in [-0.05, 0) is 44.1 Å².